The molecule has 0 radical (unpaired) electrons. The van der Waals surface area contributed by atoms with Crippen molar-refractivity contribution >= 4 is 29.2 Å². The van der Waals surface area contributed by atoms with Gasteiger partial charge in [0.1, 0.15) is 6.61 Å². The van der Waals surface area contributed by atoms with Crippen molar-refractivity contribution in [1.82, 2.24) is 4.98 Å². The summed E-state index contributed by atoms with van der Waals surface area (Å²) in [6.07, 6.45) is 14.9. The first-order valence-electron chi connectivity index (χ1n) is 17.9. The first kappa shape index (κ1) is 33.0. The van der Waals surface area contributed by atoms with E-state index < -0.39 is 10.8 Å². The molecule has 8 atom stereocenters. The van der Waals surface area contributed by atoms with Gasteiger partial charge in [0, 0.05) is 11.1 Å². The number of Topliss-reactive ketones (excluding diaryl/α,β-unsaturated/α-hetero) is 1. The van der Waals surface area contributed by atoms with E-state index in [1.807, 2.05) is 55.0 Å². The Balaban J connectivity index is 1.27. The van der Waals surface area contributed by atoms with Gasteiger partial charge in [0.25, 0.3) is 0 Å². The Labute approximate surface area is 285 Å². The van der Waals surface area contributed by atoms with Crippen LogP contribution in [0.5, 0.6) is 0 Å². The normalized spacial score (nSPS) is 41.6. The number of allylic oxidation sites excluding steroid dienone is 3. The SMILES string of the molecule is CC1(C)CC[C@]2(C(=O)OCc3ccccc3)CC[C@]3(C)C(=CC[C@@H]4[C@@]5(C)C/C(=C/c6cncs6)C(=O)[C@@](C)(CO)[C@@H]5CC[C@]43C)[C@@H]2C1. The summed E-state index contributed by atoms with van der Waals surface area (Å²) in [5, 5.41) is 10.9. The molecule has 0 amide bonds. The maximum atomic E-state index is 14.3. The monoisotopic (exact) mass is 655 g/mol. The molecule has 0 aliphatic heterocycles. The molecule has 7 rings (SSSR count). The summed E-state index contributed by atoms with van der Waals surface area (Å²) in [6, 6.07) is 10.1. The molecule has 1 aromatic heterocycles. The fourth-order valence-corrected chi connectivity index (χ4v) is 12.5. The van der Waals surface area contributed by atoms with Gasteiger partial charge < -0.3 is 9.84 Å². The third-order valence-electron chi connectivity index (χ3n) is 14.8. The zero-order chi connectivity index (χ0) is 33.5. The number of benzene rings is 1. The predicted molar refractivity (Wildman–Crippen MR) is 187 cm³/mol. The third-order valence-corrected chi connectivity index (χ3v) is 15.5. The van der Waals surface area contributed by atoms with Crippen molar-refractivity contribution in [2.24, 2.45) is 50.2 Å². The summed E-state index contributed by atoms with van der Waals surface area (Å²) in [5.41, 5.74) is 3.90. The Morgan fingerprint density at radius 2 is 1.77 bits per heavy atom. The Kier molecular flexibility index (Phi) is 7.88. The molecule has 4 fully saturated rings. The summed E-state index contributed by atoms with van der Waals surface area (Å²) in [4.78, 5) is 33.7. The van der Waals surface area contributed by atoms with Gasteiger partial charge in [0.05, 0.1) is 22.9 Å². The number of ketones is 1. The highest BCUT2D eigenvalue weighted by molar-refractivity contribution is 7.10. The van der Waals surface area contributed by atoms with Crippen LogP contribution in [0.3, 0.4) is 0 Å². The van der Waals surface area contributed by atoms with E-state index in [1.165, 1.54) is 5.57 Å². The summed E-state index contributed by atoms with van der Waals surface area (Å²) in [6.45, 7) is 14.5. The number of carbonyl (C=O) groups excluding carboxylic acids is 2. The number of carbonyl (C=O) groups is 2. The van der Waals surface area contributed by atoms with Crippen LogP contribution in [-0.4, -0.2) is 28.4 Å². The number of hydrogen-bond acceptors (Lipinski definition) is 6. The standard InChI is InChI=1S/C41H53NO4S/c1-36(2)16-18-41(35(45)46-24-27-10-8-7-9-11-27)19-17-39(5)30(31(41)22-36)12-13-33-37(3)21-28(20-29-23-42-26-47-29)34(44)38(4,25-43)32(37)14-15-40(33,39)6/h7-12,20,23,26,31-33,43H,13-19,21-22,24-25H2,1-6H3/b28-20-/t31-,32+,33+,37-,38-,39+,40+,41-/m0/s1. The van der Waals surface area contributed by atoms with E-state index in [4.69, 9.17) is 4.74 Å². The molecule has 6 heteroatoms. The van der Waals surface area contributed by atoms with E-state index in [-0.39, 0.29) is 51.9 Å². The van der Waals surface area contributed by atoms with Gasteiger partial charge in [-0.25, -0.2) is 0 Å². The van der Waals surface area contributed by atoms with Crippen LogP contribution in [0.1, 0.15) is 110 Å². The highest BCUT2D eigenvalue weighted by atomic mass is 32.1. The molecule has 47 heavy (non-hydrogen) atoms. The molecule has 0 spiro atoms. The van der Waals surface area contributed by atoms with Crippen molar-refractivity contribution in [3.05, 3.63) is 69.7 Å². The number of fused-ring (bicyclic) bond motifs is 7. The first-order chi connectivity index (χ1) is 22.2. The van der Waals surface area contributed by atoms with Crippen molar-refractivity contribution < 1.29 is 19.4 Å². The lowest BCUT2D eigenvalue weighted by Crippen LogP contribution is -2.65. The number of aliphatic hydroxyl groups is 1. The van der Waals surface area contributed by atoms with E-state index in [0.29, 0.717) is 12.5 Å². The average Bonchev–Trinajstić information content (AvgIpc) is 3.56. The van der Waals surface area contributed by atoms with Crippen LogP contribution >= 0.6 is 11.3 Å². The summed E-state index contributed by atoms with van der Waals surface area (Å²) in [7, 11) is 0. The van der Waals surface area contributed by atoms with Crippen molar-refractivity contribution in [2.75, 3.05) is 6.61 Å². The number of rotatable bonds is 5. The van der Waals surface area contributed by atoms with Gasteiger partial charge in [-0.05, 0) is 121 Å². The highest BCUT2D eigenvalue weighted by Crippen LogP contribution is 2.76. The largest absolute Gasteiger partial charge is 0.460 e. The molecular formula is C41H53NO4S. The topological polar surface area (TPSA) is 76.5 Å². The zero-order valence-corrected chi connectivity index (χ0v) is 30.1. The van der Waals surface area contributed by atoms with Crippen LogP contribution < -0.4 is 0 Å². The molecule has 1 aromatic carbocycles. The first-order valence-corrected chi connectivity index (χ1v) is 18.8. The number of esters is 1. The molecule has 2 aromatic rings. The van der Waals surface area contributed by atoms with Crippen LogP contribution in [0.15, 0.2) is 59.3 Å². The van der Waals surface area contributed by atoms with Crippen LogP contribution in [0.4, 0.5) is 0 Å². The molecule has 0 unspecified atom stereocenters. The van der Waals surface area contributed by atoms with Crippen LogP contribution in [0.2, 0.25) is 0 Å². The van der Waals surface area contributed by atoms with Crippen LogP contribution in [-0.2, 0) is 20.9 Å². The summed E-state index contributed by atoms with van der Waals surface area (Å²) < 4.78 is 6.20. The molecule has 0 bridgehead atoms. The highest BCUT2D eigenvalue weighted by Gasteiger charge is 2.70. The van der Waals surface area contributed by atoms with Crippen molar-refractivity contribution in [1.29, 1.82) is 0 Å². The second-order valence-corrected chi connectivity index (χ2v) is 18.5. The van der Waals surface area contributed by atoms with E-state index in [1.54, 1.807) is 11.3 Å². The van der Waals surface area contributed by atoms with E-state index in [2.05, 4.69) is 45.7 Å². The summed E-state index contributed by atoms with van der Waals surface area (Å²) in [5.74, 6) is 0.759. The number of thiazole rings is 1. The minimum atomic E-state index is -0.798. The second-order valence-electron chi connectivity index (χ2n) is 17.6. The molecular weight excluding hydrogens is 603 g/mol. The predicted octanol–water partition coefficient (Wildman–Crippen LogP) is 9.22. The van der Waals surface area contributed by atoms with Gasteiger partial charge in [0.2, 0.25) is 0 Å². The molecule has 0 saturated heterocycles. The molecule has 1 heterocycles. The van der Waals surface area contributed by atoms with Crippen LogP contribution in [0.25, 0.3) is 6.08 Å². The lowest BCUT2D eigenvalue weighted by Gasteiger charge is -2.70. The number of hydrogen-bond donors (Lipinski definition) is 1. The minimum absolute atomic E-state index is 0.00454. The van der Waals surface area contributed by atoms with Gasteiger partial charge in [-0.15, -0.1) is 11.3 Å². The Bertz CT molecular complexity index is 1610. The Morgan fingerprint density at radius 3 is 2.47 bits per heavy atom. The van der Waals surface area contributed by atoms with Crippen molar-refractivity contribution in [3.63, 3.8) is 0 Å². The van der Waals surface area contributed by atoms with Gasteiger partial charge in [-0.2, -0.15) is 0 Å². The Morgan fingerprint density at radius 1 is 1.02 bits per heavy atom. The molecule has 252 valence electrons. The maximum Gasteiger partial charge on any atom is 0.313 e. The molecule has 1 N–H and O–H groups in total. The molecule has 5 aliphatic carbocycles. The number of ether oxygens (including phenoxy) is 1. The number of nitrogens with zero attached hydrogens (tertiary/aromatic N) is 1. The maximum absolute atomic E-state index is 14.3. The van der Waals surface area contributed by atoms with Gasteiger partial charge in [-0.1, -0.05) is 76.6 Å². The van der Waals surface area contributed by atoms with Gasteiger partial charge >= 0.3 is 5.97 Å². The number of aliphatic hydroxyl groups excluding tert-OH is 1. The fourth-order valence-electron chi connectivity index (χ4n) is 11.9. The molecule has 5 aliphatic rings. The molecule has 5 nitrogen and oxygen atoms in total. The Hall–Kier alpha value is -2.57. The zero-order valence-electron chi connectivity index (χ0n) is 29.2. The van der Waals surface area contributed by atoms with Crippen molar-refractivity contribution in [3.8, 4) is 0 Å². The van der Waals surface area contributed by atoms with Gasteiger partial charge in [0.15, 0.2) is 5.78 Å². The van der Waals surface area contributed by atoms with Crippen LogP contribution in [0, 0.1) is 50.2 Å². The lowest BCUT2D eigenvalue weighted by molar-refractivity contribution is -0.191. The lowest BCUT2D eigenvalue weighted by atomic mass is 9.33. The van der Waals surface area contributed by atoms with E-state index in [0.717, 1.165) is 73.8 Å². The van der Waals surface area contributed by atoms with E-state index >= 15 is 0 Å². The minimum Gasteiger partial charge on any atom is -0.460 e. The smallest absolute Gasteiger partial charge is 0.313 e. The number of aromatic nitrogens is 1. The van der Waals surface area contributed by atoms with Gasteiger partial charge in [-0.3, -0.25) is 14.6 Å². The fraction of sp³-hybridized carbons (Fsp3) is 0.634. The second kappa shape index (κ2) is 11.2. The molecule has 4 saturated carbocycles. The summed E-state index contributed by atoms with van der Waals surface area (Å²) >= 11 is 1.56. The van der Waals surface area contributed by atoms with E-state index in [9.17, 15) is 14.7 Å². The average molecular weight is 656 g/mol. The third kappa shape index (κ3) is 4.81. The van der Waals surface area contributed by atoms with Crippen molar-refractivity contribution in [2.45, 2.75) is 106 Å². The quantitative estimate of drug-likeness (QED) is 0.197.